The van der Waals surface area contributed by atoms with Crippen LogP contribution in [-0.4, -0.2) is 4.92 Å². The van der Waals surface area contributed by atoms with Gasteiger partial charge in [0.2, 0.25) is 0 Å². The van der Waals surface area contributed by atoms with Crippen LogP contribution in [0.4, 0.5) is 5.69 Å². The summed E-state index contributed by atoms with van der Waals surface area (Å²) in [5.74, 6) is 0. The van der Waals surface area contributed by atoms with Crippen LogP contribution in [0.25, 0.3) is 99.1 Å². The molecule has 0 radical (unpaired) electrons. The molecular formula is C48H29NO2. The van der Waals surface area contributed by atoms with Crippen molar-refractivity contribution in [1.82, 2.24) is 0 Å². The van der Waals surface area contributed by atoms with Crippen LogP contribution in [0.15, 0.2) is 176 Å². The molecule has 0 bridgehead atoms. The Labute approximate surface area is 294 Å². The van der Waals surface area contributed by atoms with Gasteiger partial charge in [0.1, 0.15) is 0 Å². The van der Waals surface area contributed by atoms with E-state index in [4.69, 9.17) is 0 Å². The lowest BCUT2D eigenvalue weighted by Crippen LogP contribution is -1.93. The van der Waals surface area contributed by atoms with E-state index in [1.54, 1.807) is 12.1 Å². The normalized spacial score (nSPS) is 11.7. The maximum absolute atomic E-state index is 11.2. The molecule has 0 N–H and O–H groups in total. The van der Waals surface area contributed by atoms with Gasteiger partial charge in [-0.25, -0.2) is 0 Å². The Morgan fingerprint density at radius 3 is 1.45 bits per heavy atom. The third kappa shape index (κ3) is 4.52. The summed E-state index contributed by atoms with van der Waals surface area (Å²) in [5.41, 5.74) is 14.6. The van der Waals surface area contributed by atoms with Crippen LogP contribution in [0, 0.1) is 10.1 Å². The maximum Gasteiger partial charge on any atom is 0.269 e. The van der Waals surface area contributed by atoms with Gasteiger partial charge >= 0.3 is 0 Å². The fraction of sp³-hybridized carbons (Fsp3) is 0. The molecule has 0 heterocycles. The van der Waals surface area contributed by atoms with Gasteiger partial charge in [0.25, 0.3) is 5.69 Å². The Bertz CT molecular complexity index is 2770. The van der Waals surface area contributed by atoms with Gasteiger partial charge in [0.15, 0.2) is 0 Å². The number of benzene rings is 9. The second kappa shape index (κ2) is 11.4. The van der Waals surface area contributed by atoms with Crippen molar-refractivity contribution in [2.45, 2.75) is 0 Å². The Kier molecular flexibility index (Phi) is 6.49. The number of nitrogens with zero attached hydrogens (tertiary/aromatic N) is 1. The first-order valence-electron chi connectivity index (χ1n) is 17.2. The molecule has 0 unspecified atom stereocenters. The molecule has 0 aromatic heterocycles. The van der Waals surface area contributed by atoms with Crippen LogP contribution in [0.1, 0.15) is 0 Å². The predicted molar refractivity (Wildman–Crippen MR) is 212 cm³/mol. The van der Waals surface area contributed by atoms with Crippen molar-refractivity contribution in [3.05, 3.63) is 186 Å². The van der Waals surface area contributed by atoms with E-state index in [9.17, 15) is 10.1 Å². The molecule has 238 valence electrons. The van der Waals surface area contributed by atoms with Crippen molar-refractivity contribution in [2.24, 2.45) is 0 Å². The van der Waals surface area contributed by atoms with E-state index in [-0.39, 0.29) is 10.6 Å². The predicted octanol–water partition coefficient (Wildman–Crippen LogP) is 13.4. The zero-order valence-corrected chi connectivity index (χ0v) is 27.5. The van der Waals surface area contributed by atoms with Gasteiger partial charge in [-0.1, -0.05) is 140 Å². The molecule has 0 fully saturated rings. The van der Waals surface area contributed by atoms with Gasteiger partial charge in [-0.2, -0.15) is 0 Å². The highest BCUT2D eigenvalue weighted by Gasteiger charge is 2.31. The second-order valence-corrected chi connectivity index (χ2v) is 13.2. The molecule has 1 aliphatic carbocycles. The van der Waals surface area contributed by atoms with Crippen molar-refractivity contribution in [3.8, 4) is 66.8 Å². The highest BCUT2D eigenvalue weighted by atomic mass is 16.6. The number of hydrogen-bond donors (Lipinski definition) is 0. The summed E-state index contributed by atoms with van der Waals surface area (Å²) < 4.78 is 0. The number of nitro groups is 1. The number of non-ortho nitro benzene ring substituents is 1. The monoisotopic (exact) mass is 651 g/mol. The molecule has 9 aromatic rings. The standard InChI is InChI=1S/C48H29NO2/c50-49(51)37-24-22-30(23-25-37)33-18-19-35-29-36(21-20-34(35)28-33)38-26-27-43-46-39(38)16-9-17-42(46)47-44(31-10-3-1-4-11-31)40-14-7-8-15-41(40)45(48(43)47)32-12-5-2-6-13-32/h1-29H. The Hall–Kier alpha value is -6.84. The third-order valence-corrected chi connectivity index (χ3v) is 10.5. The molecule has 0 saturated heterocycles. The average Bonchev–Trinajstić information content (AvgIpc) is 3.52. The van der Waals surface area contributed by atoms with E-state index in [2.05, 4.69) is 152 Å². The van der Waals surface area contributed by atoms with E-state index in [1.807, 2.05) is 12.1 Å². The van der Waals surface area contributed by atoms with Gasteiger partial charge < -0.3 is 0 Å². The van der Waals surface area contributed by atoms with Gasteiger partial charge in [0, 0.05) is 12.1 Å². The van der Waals surface area contributed by atoms with Crippen LogP contribution in [0.5, 0.6) is 0 Å². The lowest BCUT2D eigenvalue weighted by molar-refractivity contribution is -0.384. The van der Waals surface area contributed by atoms with Crippen molar-refractivity contribution < 1.29 is 4.92 Å². The second-order valence-electron chi connectivity index (χ2n) is 13.2. The number of nitro benzene ring substituents is 1. The molecule has 3 heteroatoms. The van der Waals surface area contributed by atoms with E-state index < -0.39 is 0 Å². The summed E-state index contributed by atoms with van der Waals surface area (Å²) in [4.78, 5) is 10.8. The average molecular weight is 652 g/mol. The van der Waals surface area contributed by atoms with Crippen molar-refractivity contribution in [3.63, 3.8) is 0 Å². The van der Waals surface area contributed by atoms with Gasteiger partial charge in [-0.3, -0.25) is 10.1 Å². The van der Waals surface area contributed by atoms with Crippen LogP contribution in [0.2, 0.25) is 0 Å². The van der Waals surface area contributed by atoms with Crippen LogP contribution >= 0.6 is 0 Å². The largest absolute Gasteiger partial charge is 0.269 e. The maximum atomic E-state index is 11.2. The number of rotatable bonds is 5. The van der Waals surface area contributed by atoms with E-state index in [1.165, 1.54) is 77.2 Å². The summed E-state index contributed by atoms with van der Waals surface area (Å²) in [5, 5.41) is 18.5. The van der Waals surface area contributed by atoms with E-state index in [0.29, 0.717) is 0 Å². The molecule has 51 heavy (non-hydrogen) atoms. The lowest BCUT2D eigenvalue weighted by atomic mass is 9.82. The summed E-state index contributed by atoms with van der Waals surface area (Å²) in [6.07, 6.45) is 0. The minimum atomic E-state index is -0.364. The molecule has 0 atom stereocenters. The van der Waals surface area contributed by atoms with E-state index >= 15 is 0 Å². The molecule has 0 amide bonds. The van der Waals surface area contributed by atoms with E-state index in [0.717, 1.165) is 21.9 Å². The summed E-state index contributed by atoms with van der Waals surface area (Å²) in [7, 11) is 0. The van der Waals surface area contributed by atoms with Gasteiger partial charge in [-0.05, 0) is 123 Å². The highest BCUT2D eigenvalue weighted by Crippen LogP contribution is 2.58. The summed E-state index contributed by atoms with van der Waals surface area (Å²) in [6.45, 7) is 0. The number of hydrogen-bond acceptors (Lipinski definition) is 2. The topological polar surface area (TPSA) is 43.1 Å². The van der Waals surface area contributed by atoms with Gasteiger partial charge in [0.05, 0.1) is 4.92 Å². The minimum Gasteiger partial charge on any atom is -0.258 e. The van der Waals surface area contributed by atoms with Crippen molar-refractivity contribution >= 4 is 38.0 Å². The number of fused-ring (bicyclic) bond motifs is 5. The zero-order valence-electron chi connectivity index (χ0n) is 27.5. The first kappa shape index (κ1) is 29.1. The summed E-state index contributed by atoms with van der Waals surface area (Å²) in [6, 6.07) is 61.8. The lowest BCUT2D eigenvalue weighted by Gasteiger charge is -2.20. The van der Waals surface area contributed by atoms with Crippen LogP contribution in [0.3, 0.4) is 0 Å². The first-order valence-corrected chi connectivity index (χ1v) is 17.2. The summed E-state index contributed by atoms with van der Waals surface area (Å²) >= 11 is 0. The smallest absolute Gasteiger partial charge is 0.258 e. The fourth-order valence-electron chi connectivity index (χ4n) is 8.23. The molecular weight excluding hydrogens is 623 g/mol. The van der Waals surface area contributed by atoms with Crippen molar-refractivity contribution in [2.75, 3.05) is 0 Å². The Morgan fingerprint density at radius 2 is 0.843 bits per heavy atom. The van der Waals surface area contributed by atoms with Crippen molar-refractivity contribution in [1.29, 1.82) is 0 Å². The quantitative estimate of drug-likeness (QED) is 0.137. The molecule has 9 aromatic carbocycles. The Balaban J connectivity index is 1.19. The molecule has 1 aliphatic rings. The molecule has 3 nitrogen and oxygen atoms in total. The van der Waals surface area contributed by atoms with Crippen LogP contribution in [-0.2, 0) is 0 Å². The molecule has 0 saturated carbocycles. The molecule has 0 spiro atoms. The highest BCUT2D eigenvalue weighted by molar-refractivity contribution is 6.28. The SMILES string of the molecule is O=[N+]([O-])c1ccc(-c2ccc3cc(-c4ccc5c6c(cccc46)-c4c-5c(-c5ccccc5)c5ccccc5c4-c4ccccc4)ccc3c2)cc1. The first-order chi connectivity index (χ1) is 25.1. The molecule has 0 aliphatic heterocycles. The van der Waals surface area contributed by atoms with Gasteiger partial charge in [-0.15, -0.1) is 0 Å². The Morgan fingerprint density at radius 1 is 0.353 bits per heavy atom. The fourth-order valence-corrected chi connectivity index (χ4v) is 8.23. The zero-order chi connectivity index (χ0) is 34.1. The minimum absolute atomic E-state index is 0.0958. The molecule has 10 rings (SSSR count). The third-order valence-electron chi connectivity index (χ3n) is 10.5. The van der Waals surface area contributed by atoms with Crippen LogP contribution < -0.4 is 0 Å².